The van der Waals surface area contributed by atoms with E-state index in [9.17, 15) is 13.2 Å². The summed E-state index contributed by atoms with van der Waals surface area (Å²) in [6.45, 7) is 1.93. The predicted octanol–water partition coefficient (Wildman–Crippen LogP) is 4.48. The molecule has 0 aromatic heterocycles. The lowest BCUT2D eigenvalue weighted by Gasteiger charge is -2.20. The molecule has 0 fully saturated rings. The van der Waals surface area contributed by atoms with Gasteiger partial charge in [0, 0.05) is 10.0 Å². The highest BCUT2D eigenvalue weighted by molar-refractivity contribution is 9.10. The molecule has 0 bridgehead atoms. The van der Waals surface area contributed by atoms with Crippen LogP contribution in [0.4, 0.5) is 13.2 Å². The normalized spacial score (nSPS) is 12.5. The Labute approximate surface area is 123 Å². The summed E-state index contributed by atoms with van der Waals surface area (Å²) in [6.07, 6.45) is 0. The van der Waals surface area contributed by atoms with Gasteiger partial charge in [0.15, 0.2) is 17.5 Å². The smallest absolute Gasteiger partial charge is 0.194 e. The maximum absolute atomic E-state index is 13.9. The van der Waals surface area contributed by atoms with Crippen LogP contribution in [-0.4, -0.2) is 7.05 Å². The van der Waals surface area contributed by atoms with E-state index in [-0.39, 0.29) is 5.56 Å². The second kappa shape index (κ2) is 5.97. The van der Waals surface area contributed by atoms with Crippen molar-refractivity contribution in [3.63, 3.8) is 0 Å². The fourth-order valence-electron chi connectivity index (χ4n) is 2.11. The average Bonchev–Trinajstić information content (AvgIpc) is 2.41. The number of aryl methyl sites for hydroxylation is 1. The lowest BCUT2D eigenvalue weighted by atomic mass is 9.97. The Morgan fingerprint density at radius 3 is 2.25 bits per heavy atom. The van der Waals surface area contributed by atoms with E-state index in [2.05, 4.69) is 21.2 Å². The Bertz CT molecular complexity index is 643. The summed E-state index contributed by atoms with van der Waals surface area (Å²) in [6, 6.07) is 7.20. The van der Waals surface area contributed by atoms with E-state index < -0.39 is 23.5 Å². The highest BCUT2D eigenvalue weighted by Crippen LogP contribution is 2.31. The minimum atomic E-state index is -1.45. The lowest BCUT2D eigenvalue weighted by Crippen LogP contribution is -2.20. The molecule has 0 aliphatic rings. The van der Waals surface area contributed by atoms with Crippen LogP contribution in [-0.2, 0) is 0 Å². The van der Waals surface area contributed by atoms with Gasteiger partial charge in [-0.1, -0.05) is 34.1 Å². The van der Waals surface area contributed by atoms with Crippen molar-refractivity contribution in [2.75, 3.05) is 7.05 Å². The minimum Gasteiger partial charge on any atom is -0.309 e. The molecule has 0 heterocycles. The van der Waals surface area contributed by atoms with Crippen molar-refractivity contribution < 1.29 is 13.2 Å². The third-order valence-corrected chi connectivity index (χ3v) is 3.82. The molecule has 0 saturated carbocycles. The number of rotatable bonds is 3. The van der Waals surface area contributed by atoms with Gasteiger partial charge in [0.1, 0.15) is 0 Å². The van der Waals surface area contributed by atoms with Gasteiger partial charge in [-0.2, -0.15) is 0 Å². The third kappa shape index (κ3) is 2.74. The summed E-state index contributed by atoms with van der Waals surface area (Å²) in [7, 11) is 1.64. The molecule has 0 aliphatic carbocycles. The molecule has 0 aliphatic heterocycles. The van der Waals surface area contributed by atoms with Gasteiger partial charge >= 0.3 is 0 Å². The second-order valence-corrected chi connectivity index (χ2v) is 5.37. The molecular weight excluding hydrogens is 331 g/mol. The van der Waals surface area contributed by atoms with Crippen molar-refractivity contribution in [1.29, 1.82) is 0 Å². The fourth-order valence-corrected chi connectivity index (χ4v) is 2.83. The van der Waals surface area contributed by atoms with Crippen LogP contribution in [0.15, 0.2) is 34.8 Å². The lowest BCUT2D eigenvalue weighted by molar-refractivity contribution is 0.435. The highest BCUT2D eigenvalue weighted by atomic mass is 79.9. The summed E-state index contributed by atoms with van der Waals surface area (Å²) in [5, 5.41) is 2.92. The Balaban J connectivity index is 2.55. The zero-order chi connectivity index (χ0) is 14.9. The molecule has 0 saturated heterocycles. The topological polar surface area (TPSA) is 12.0 Å². The first-order chi connectivity index (χ1) is 9.45. The zero-order valence-electron chi connectivity index (χ0n) is 11.0. The van der Waals surface area contributed by atoms with Crippen LogP contribution < -0.4 is 5.32 Å². The van der Waals surface area contributed by atoms with Crippen molar-refractivity contribution in [1.82, 2.24) is 5.32 Å². The van der Waals surface area contributed by atoms with Crippen LogP contribution in [0.25, 0.3) is 0 Å². The molecule has 0 spiro atoms. The van der Waals surface area contributed by atoms with E-state index in [0.29, 0.717) is 0 Å². The maximum Gasteiger partial charge on any atom is 0.194 e. The van der Waals surface area contributed by atoms with Crippen LogP contribution in [0.2, 0.25) is 0 Å². The number of nitrogens with one attached hydrogen (secondary N) is 1. The molecule has 106 valence electrons. The monoisotopic (exact) mass is 343 g/mol. The molecule has 5 heteroatoms. The van der Waals surface area contributed by atoms with Crippen LogP contribution in [0.1, 0.15) is 22.7 Å². The molecular formula is C15H13BrF3N. The Morgan fingerprint density at radius 2 is 1.65 bits per heavy atom. The number of halogens is 4. The van der Waals surface area contributed by atoms with E-state index in [1.54, 1.807) is 7.05 Å². The van der Waals surface area contributed by atoms with Crippen LogP contribution in [0, 0.1) is 24.4 Å². The Hall–Kier alpha value is -1.33. The summed E-state index contributed by atoms with van der Waals surface area (Å²) in [5.74, 6) is -3.81. The molecule has 0 amide bonds. The molecule has 0 radical (unpaired) electrons. The number of hydrogen-bond acceptors (Lipinski definition) is 1. The summed E-state index contributed by atoms with van der Waals surface area (Å²) in [5.41, 5.74) is 1.86. The molecule has 1 unspecified atom stereocenters. The first-order valence-corrected chi connectivity index (χ1v) is 6.81. The van der Waals surface area contributed by atoms with E-state index in [1.165, 1.54) is 6.07 Å². The van der Waals surface area contributed by atoms with Crippen LogP contribution in [0.5, 0.6) is 0 Å². The molecule has 2 aromatic carbocycles. The summed E-state index contributed by atoms with van der Waals surface area (Å²) < 4.78 is 41.1. The second-order valence-electron chi connectivity index (χ2n) is 4.51. The van der Waals surface area contributed by atoms with Gasteiger partial charge in [-0.05, 0) is 37.2 Å². The summed E-state index contributed by atoms with van der Waals surface area (Å²) in [4.78, 5) is 0. The van der Waals surface area contributed by atoms with Crippen molar-refractivity contribution in [3.8, 4) is 0 Å². The Morgan fingerprint density at radius 1 is 1.00 bits per heavy atom. The molecule has 2 aromatic rings. The first kappa shape index (κ1) is 15.1. The summed E-state index contributed by atoms with van der Waals surface area (Å²) >= 11 is 3.41. The van der Waals surface area contributed by atoms with E-state index in [4.69, 9.17) is 0 Å². The van der Waals surface area contributed by atoms with E-state index in [1.807, 2.05) is 25.1 Å². The van der Waals surface area contributed by atoms with Gasteiger partial charge in [0.25, 0.3) is 0 Å². The number of hydrogen-bond donors (Lipinski definition) is 1. The maximum atomic E-state index is 13.9. The Kier molecular flexibility index (Phi) is 4.50. The molecule has 20 heavy (non-hydrogen) atoms. The average molecular weight is 344 g/mol. The van der Waals surface area contributed by atoms with Gasteiger partial charge < -0.3 is 5.32 Å². The van der Waals surface area contributed by atoms with Crippen molar-refractivity contribution in [2.45, 2.75) is 13.0 Å². The van der Waals surface area contributed by atoms with Crippen molar-refractivity contribution in [3.05, 3.63) is 68.9 Å². The molecule has 1 N–H and O–H groups in total. The van der Waals surface area contributed by atoms with Gasteiger partial charge in [0.05, 0.1) is 6.04 Å². The highest BCUT2D eigenvalue weighted by Gasteiger charge is 2.22. The largest absolute Gasteiger partial charge is 0.309 e. The predicted molar refractivity (Wildman–Crippen MR) is 76.1 cm³/mol. The minimum absolute atomic E-state index is 0.0657. The quantitative estimate of drug-likeness (QED) is 0.810. The first-order valence-electron chi connectivity index (χ1n) is 6.02. The standard InChI is InChI=1S/C15H13BrF3N/c1-8-3-4-9(11(16)7-8)15(20-2)10-5-6-12(17)14(19)13(10)18/h3-7,15,20H,1-2H3. The third-order valence-electron chi connectivity index (χ3n) is 3.13. The van der Waals surface area contributed by atoms with E-state index >= 15 is 0 Å². The zero-order valence-corrected chi connectivity index (χ0v) is 12.6. The van der Waals surface area contributed by atoms with Crippen molar-refractivity contribution >= 4 is 15.9 Å². The van der Waals surface area contributed by atoms with E-state index in [0.717, 1.165) is 21.7 Å². The van der Waals surface area contributed by atoms with Crippen LogP contribution >= 0.6 is 15.9 Å². The molecule has 2 rings (SSSR count). The number of benzene rings is 2. The van der Waals surface area contributed by atoms with Gasteiger partial charge in [-0.3, -0.25) is 0 Å². The van der Waals surface area contributed by atoms with Gasteiger partial charge in [-0.25, -0.2) is 13.2 Å². The fraction of sp³-hybridized carbons (Fsp3) is 0.200. The SMILES string of the molecule is CNC(c1ccc(C)cc1Br)c1ccc(F)c(F)c1F. The molecule has 1 nitrogen and oxygen atoms in total. The van der Waals surface area contributed by atoms with Crippen LogP contribution in [0.3, 0.4) is 0 Å². The van der Waals surface area contributed by atoms with Gasteiger partial charge in [0.2, 0.25) is 0 Å². The van der Waals surface area contributed by atoms with Crippen molar-refractivity contribution in [2.24, 2.45) is 0 Å². The molecule has 1 atom stereocenters. The van der Waals surface area contributed by atoms with Gasteiger partial charge in [-0.15, -0.1) is 0 Å².